The van der Waals surface area contributed by atoms with Crippen LogP contribution in [-0.4, -0.2) is 24.7 Å². The van der Waals surface area contributed by atoms with E-state index in [4.69, 9.17) is 4.74 Å². The van der Waals surface area contributed by atoms with Gasteiger partial charge < -0.3 is 15.0 Å². The quantitative estimate of drug-likeness (QED) is 0.847. The molecule has 0 amide bonds. The molecule has 1 heterocycles. The maximum absolute atomic E-state index is 11.8. The van der Waals surface area contributed by atoms with Gasteiger partial charge in [0.2, 0.25) is 0 Å². The highest BCUT2D eigenvalue weighted by molar-refractivity contribution is 5.83. The van der Waals surface area contributed by atoms with Crippen molar-refractivity contribution in [1.82, 2.24) is 4.98 Å². The summed E-state index contributed by atoms with van der Waals surface area (Å²) in [5, 5.41) is 4.83. The highest BCUT2D eigenvalue weighted by Gasteiger charge is 2.04. The van der Waals surface area contributed by atoms with Crippen molar-refractivity contribution in [2.75, 3.05) is 19.0 Å². The van der Waals surface area contributed by atoms with Crippen molar-refractivity contribution in [3.8, 4) is 0 Å². The van der Waals surface area contributed by atoms with Crippen molar-refractivity contribution < 1.29 is 4.74 Å². The van der Waals surface area contributed by atoms with E-state index in [9.17, 15) is 4.79 Å². The summed E-state index contributed by atoms with van der Waals surface area (Å²) in [6, 6.07) is 9.61. The number of anilines is 1. The lowest BCUT2D eigenvalue weighted by atomic mass is 10.2. The van der Waals surface area contributed by atoms with Gasteiger partial charge >= 0.3 is 0 Å². The summed E-state index contributed by atoms with van der Waals surface area (Å²) in [5.74, 6) is 0.721. The van der Waals surface area contributed by atoms with Crippen LogP contribution in [0.4, 0.5) is 5.82 Å². The SMILES string of the molecule is COCC(C)Nc1cc2ccccc2c(=O)[nH]1. The molecule has 0 saturated heterocycles. The first-order valence-corrected chi connectivity index (χ1v) is 5.58. The second kappa shape index (κ2) is 5.01. The van der Waals surface area contributed by atoms with Crippen LogP contribution in [0.5, 0.6) is 0 Å². The van der Waals surface area contributed by atoms with Crippen LogP contribution >= 0.6 is 0 Å². The molecule has 2 rings (SSSR count). The standard InChI is InChI=1S/C13H16N2O2/c1-9(8-17-2)14-12-7-10-5-3-4-6-11(10)13(16)15-12/h3-7,9H,8H2,1-2H3,(H2,14,15,16). The van der Waals surface area contributed by atoms with Crippen LogP contribution in [0, 0.1) is 0 Å². The molecular weight excluding hydrogens is 216 g/mol. The molecule has 0 bridgehead atoms. The number of methoxy groups -OCH3 is 1. The topological polar surface area (TPSA) is 54.1 Å². The maximum atomic E-state index is 11.8. The molecule has 0 radical (unpaired) electrons. The number of rotatable bonds is 4. The molecule has 0 fully saturated rings. The van der Waals surface area contributed by atoms with E-state index < -0.39 is 0 Å². The van der Waals surface area contributed by atoms with Gasteiger partial charge in [-0.05, 0) is 24.4 Å². The first kappa shape index (κ1) is 11.7. The number of hydrogen-bond donors (Lipinski definition) is 2. The number of aromatic nitrogens is 1. The lowest BCUT2D eigenvalue weighted by Gasteiger charge is -2.14. The number of pyridine rings is 1. The highest BCUT2D eigenvalue weighted by Crippen LogP contribution is 2.13. The van der Waals surface area contributed by atoms with Crippen molar-refractivity contribution in [3.05, 3.63) is 40.7 Å². The van der Waals surface area contributed by atoms with Crippen LogP contribution in [0.3, 0.4) is 0 Å². The van der Waals surface area contributed by atoms with E-state index in [2.05, 4.69) is 10.3 Å². The number of aromatic amines is 1. The Kier molecular flexibility index (Phi) is 3.44. The third-order valence-electron chi connectivity index (χ3n) is 2.57. The molecule has 90 valence electrons. The van der Waals surface area contributed by atoms with Crippen molar-refractivity contribution in [2.24, 2.45) is 0 Å². The van der Waals surface area contributed by atoms with Crippen LogP contribution in [0.15, 0.2) is 35.1 Å². The fourth-order valence-corrected chi connectivity index (χ4v) is 1.85. The summed E-state index contributed by atoms with van der Waals surface area (Å²) >= 11 is 0. The van der Waals surface area contributed by atoms with E-state index in [1.165, 1.54) is 0 Å². The number of benzene rings is 1. The molecule has 1 atom stereocenters. The molecular formula is C13H16N2O2. The second-order valence-electron chi connectivity index (χ2n) is 4.10. The molecule has 4 nitrogen and oxygen atoms in total. The molecule has 17 heavy (non-hydrogen) atoms. The zero-order chi connectivity index (χ0) is 12.3. The van der Waals surface area contributed by atoms with E-state index in [1.807, 2.05) is 37.3 Å². The largest absolute Gasteiger partial charge is 0.383 e. The monoisotopic (exact) mass is 232 g/mol. The Morgan fingerprint density at radius 3 is 2.94 bits per heavy atom. The fourth-order valence-electron chi connectivity index (χ4n) is 1.85. The van der Waals surface area contributed by atoms with Crippen LogP contribution in [0.2, 0.25) is 0 Å². The minimum atomic E-state index is -0.0739. The number of nitrogens with one attached hydrogen (secondary N) is 2. The van der Waals surface area contributed by atoms with Gasteiger partial charge in [0.15, 0.2) is 0 Å². The van der Waals surface area contributed by atoms with Crippen molar-refractivity contribution >= 4 is 16.6 Å². The number of fused-ring (bicyclic) bond motifs is 1. The molecule has 0 spiro atoms. The van der Waals surface area contributed by atoms with Crippen LogP contribution < -0.4 is 10.9 Å². The zero-order valence-corrected chi connectivity index (χ0v) is 9.99. The van der Waals surface area contributed by atoms with Gasteiger partial charge in [0.1, 0.15) is 5.82 Å². The van der Waals surface area contributed by atoms with Crippen LogP contribution in [0.1, 0.15) is 6.92 Å². The molecule has 4 heteroatoms. The van der Waals surface area contributed by atoms with Crippen LogP contribution in [-0.2, 0) is 4.74 Å². The molecule has 1 aromatic heterocycles. The van der Waals surface area contributed by atoms with Gasteiger partial charge in [0.05, 0.1) is 6.61 Å². The summed E-state index contributed by atoms with van der Waals surface area (Å²) in [6.45, 7) is 2.59. The molecule has 0 aliphatic rings. The smallest absolute Gasteiger partial charge is 0.257 e. The van der Waals surface area contributed by atoms with Gasteiger partial charge in [-0.15, -0.1) is 0 Å². The van der Waals surface area contributed by atoms with Gasteiger partial charge in [-0.2, -0.15) is 0 Å². The second-order valence-corrected chi connectivity index (χ2v) is 4.10. The molecule has 0 saturated carbocycles. The minimum absolute atomic E-state index is 0.0739. The first-order valence-electron chi connectivity index (χ1n) is 5.58. The zero-order valence-electron chi connectivity index (χ0n) is 9.99. The molecule has 0 aliphatic carbocycles. The van der Waals surface area contributed by atoms with Crippen molar-refractivity contribution in [2.45, 2.75) is 13.0 Å². The number of H-pyrrole nitrogens is 1. The molecule has 2 N–H and O–H groups in total. The Bertz CT molecular complexity index is 563. The van der Waals surface area contributed by atoms with Gasteiger partial charge in [-0.25, -0.2) is 0 Å². The summed E-state index contributed by atoms with van der Waals surface area (Å²) in [4.78, 5) is 14.6. The summed E-state index contributed by atoms with van der Waals surface area (Å²) < 4.78 is 5.04. The maximum Gasteiger partial charge on any atom is 0.257 e. The third-order valence-corrected chi connectivity index (χ3v) is 2.57. The minimum Gasteiger partial charge on any atom is -0.383 e. The average molecular weight is 232 g/mol. The Morgan fingerprint density at radius 2 is 2.18 bits per heavy atom. The third kappa shape index (κ3) is 2.65. The summed E-state index contributed by atoms with van der Waals surface area (Å²) in [5.41, 5.74) is -0.0739. The Morgan fingerprint density at radius 1 is 1.41 bits per heavy atom. The number of hydrogen-bond acceptors (Lipinski definition) is 3. The Balaban J connectivity index is 2.33. The summed E-state index contributed by atoms with van der Waals surface area (Å²) in [6.07, 6.45) is 0. The van der Waals surface area contributed by atoms with E-state index in [1.54, 1.807) is 7.11 Å². The molecule has 2 aromatic rings. The molecule has 0 aliphatic heterocycles. The fraction of sp³-hybridized carbons (Fsp3) is 0.308. The van der Waals surface area contributed by atoms with E-state index >= 15 is 0 Å². The van der Waals surface area contributed by atoms with E-state index in [0.717, 1.165) is 11.2 Å². The van der Waals surface area contributed by atoms with E-state index in [-0.39, 0.29) is 11.6 Å². The van der Waals surface area contributed by atoms with Crippen LogP contribution in [0.25, 0.3) is 10.8 Å². The summed E-state index contributed by atoms with van der Waals surface area (Å²) in [7, 11) is 1.65. The first-order chi connectivity index (χ1) is 8.20. The predicted molar refractivity (Wildman–Crippen MR) is 69.5 cm³/mol. The highest BCUT2D eigenvalue weighted by atomic mass is 16.5. The van der Waals surface area contributed by atoms with Crippen molar-refractivity contribution in [3.63, 3.8) is 0 Å². The lowest BCUT2D eigenvalue weighted by molar-refractivity contribution is 0.190. The van der Waals surface area contributed by atoms with Crippen molar-refractivity contribution in [1.29, 1.82) is 0 Å². The molecule has 1 aromatic carbocycles. The average Bonchev–Trinajstić information content (AvgIpc) is 2.29. The predicted octanol–water partition coefficient (Wildman–Crippen LogP) is 1.97. The van der Waals surface area contributed by atoms with Gasteiger partial charge in [-0.1, -0.05) is 18.2 Å². The Labute approximate surface area is 99.6 Å². The normalized spacial score (nSPS) is 12.6. The van der Waals surface area contributed by atoms with Gasteiger partial charge in [-0.3, -0.25) is 4.79 Å². The molecule has 1 unspecified atom stereocenters. The number of ether oxygens (including phenoxy) is 1. The Hall–Kier alpha value is -1.81. The van der Waals surface area contributed by atoms with Gasteiger partial charge in [0, 0.05) is 18.5 Å². The lowest BCUT2D eigenvalue weighted by Crippen LogP contribution is -2.23. The van der Waals surface area contributed by atoms with Gasteiger partial charge in [0.25, 0.3) is 5.56 Å². The van der Waals surface area contributed by atoms with E-state index in [0.29, 0.717) is 12.0 Å².